The normalized spacial score (nSPS) is 13.0. The van der Waals surface area contributed by atoms with Crippen LogP contribution in [0.25, 0.3) is 78.6 Å². The minimum Gasteiger partial charge on any atom is -0.406 e. The highest BCUT2D eigenvalue weighted by Gasteiger charge is 2.40. The van der Waals surface area contributed by atoms with E-state index >= 15 is 0 Å². The Hall–Kier alpha value is -14.5. The van der Waals surface area contributed by atoms with Gasteiger partial charge in [-0.3, -0.25) is 73.4 Å². The third-order valence-corrected chi connectivity index (χ3v) is 22.7. The fourth-order valence-corrected chi connectivity index (χ4v) is 15.1. The molecular weight excluding hydrogens is 1910 g/mol. The average Bonchev–Trinajstić information content (AvgIpc) is 1.59. The summed E-state index contributed by atoms with van der Waals surface area (Å²) in [4.78, 5) is 106. The minimum atomic E-state index is -4.94. The van der Waals surface area contributed by atoms with Crippen LogP contribution in [0.3, 0.4) is 0 Å². The van der Waals surface area contributed by atoms with Crippen LogP contribution in [0.15, 0.2) is 152 Å². The van der Waals surface area contributed by atoms with Crippen molar-refractivity contribution in [3.8, 4) is 45.7 Å². The Morgan fingerprint density at radius 3 is 1.02 bits per heavy atom. The molecule has 0 saturated heterocycles. The molecule has 0 spiro atoms. The molecular formula is C99H110F14N20O11. The zero-order chi connectivity index (χ0) is 106. The second-order valence-electron chi connectivity index (χ2n) is 38.2. The number of hydrogen-bond donors (Lipinski definition) is 7. The summed E-state index contributed by atoms with van der Waals surface area (Å²) in [6.45, 7) is 33.9. The number of hydrogen-bond acceptors (Lipinski definition) is 21. The third-order valence-electron chi connectivity index (χ3n) is 22.7. The lowest BCUT2D eigenvalue weighted by Gasteiger charge is -2.40. The number of imidazole rings is 5. The monoisotopic (exact) mass is 2020 g/mol. The predicted molar refractivity (Wildman–Crippen MR) is 512 cm³/mol. The number of pyridine rings is 5. The van der Waals surface area contributed by atoms with E-state index in [1.807, 2.05) is 60.6 Å². The number of anilines is 5. The van der Waals surface area contributed by atoms with Crippen molar-refractivity contribution in [3.05, 3.63) is 186 Å². The molecule has 10 aromatic heterocycles. The maximum Gasteiger partial charge on any atom is 0.573 e. The molecule has 0 aliphatic heterocycles. The maximum absolute atomic E-state index is 14.8. The van der Waals surface area contributed by atoms with Crippen molar-refractivity contribution >= 4 is 115 Å². The molecule has 45 heteroatoms. The average molecular weight is 2020 g/mol. The van der Waals surface area contributed by atoms with Gasteiger partial charge in [0.05, 0.1) is 53.0 Å². The molecule has 5 amide bonds. The molecule has 15 rings (SSSR count). The fraction of sp³-hybridized carbons (Fsp3) is 0.404. The van der Waals surface area contributed by atoms with Crippen LogP contribution in [-0.2, 0) is 29.5 Å². The number of aliphatic hydroxyl groups is 2. The van der Waals surface area contributed by atoms with Crippen LogP contribution in [0, 0.1) is 55.6 Å². The molecule has 0 bridgehead atoms. The van der Waals surface area contributed by atoms with Crippen molar-refractivity contribution in [3.63, 3.8) is 0 Å². The second kappa shape index (κ2) is 43.7. The number of aromatic nitrogens is 15. The van der Waals surface area contributed by atoms with Gasteiger partial charge in [-0.1, -0.05) is 89.0 Å². The van der Waals surface area contributed by atoms with Crippen LogP contribution in [-0.4, -0.2) is 149 Å². The summed E-state index contributed by atoms with van der Waals surface area (Å²) in [7, 11) is 0. The fourth-order valence-electron chi connectivity index (χ4n) is 15.1. The summed E-state index contributed by atoms with van der Waals surface area (Å²) >= 11 is 0. The number of rotatable bonds is 26. The molecule has 1 aliphatic carbocycles. The van der Waals surface area contributed by atoms with Gasteiger partial charge in [0.1, 0.15) is 56.4 Å². The Bertz CT molecular complexity index is 6910. The smallest absolute Gasteiger partial charge is 0.406 e. The predicted octanol–water partition coefficient (Wildman–Crippen LogP) is 23.0. The van der Waals surface area contributed by atoms with E-state index in [1.54, 1.807) is 71.0 Å². The van der Waals surface area contributed by atoms with Crippen molar-refractivity contribution in [2.45, 2.75) is 244 Å². The summed E-state index contributed by atoms with van der Waals surface area (Å²) < 4.78 is 201. The molecule has 144 heavy (non-hydrogen) atoms. The maximum atomic E-state index is 14.8. The summed E-state index contributed by atoms with van der Waals surface area (Å²) in [5.74, 6) is -3.93. The molecule has 10 heterocycles. The molecule has 0 radical (unpaired) electrons. The lowest BCUT2D eigenvalue weighted by Crippen LogP contribution is -2.38. The Labute approximate surface area is 817 Å². The molecule has 7 N–H and O–H groups in total. The number of halogens is 14. The molecule has 770 valence electrons. The quantitative estimate of drug-likeness (QED) is 0.0248. The number of nitrogens with one attached hydrogen (secondary N) is 5. The van der Waals surface area contributed by atoms with Crippen LogP contribution in [0.4, 0.5) is 91.2 Å². The van der Waals surface area contributed by atoms with Gasteiger partial charge < -0.3 is 29.2 Å². The highest BCUT2D eigenvalue weighted by atomic mass is 19.4. The lowest BCUT2D eigenvalue weighted by molar-refractivity contribution is -0.275. The molecule has 31 nitrogen and oxygen atoms in total. The first kappa shape index (κ1) is 110. The van der Waals surface area contributed by atoms with Gasteiger partial charge in [0.2, 0.25) is 59.3 Å². The molecule has 0 atom stereocenters. The first-order valence-electron chi connectivity index (χ1n) is 45.6. The molecule has 1 fully saturated rings. The van der Waals surface area contributed by atoms with Crippen LogP contribution in [0.2, 0.25) is 0 Å². The molecule has 14 aromatic rings. The second-order valence-corrected chi connectivity index (χ2v) is 38.2. The third kappa shape index (κ3) is 30.1. The Morgan fingerprint density at radius 1 is 0.361 bits per heavy atom. The Balaban J connectivity index is 0.000000172. The van der Waals surface area contributed by atoms with Gasteiger partial charge in [-0.05, 0) is 230 Å². The number of nitrogens with zero attached hydrogens (tertiary/aromatic N) is 15. The minimum absolute atomic E-state index is 0.00300. The van der Waals surface area contributed by atoms with E-state index in [0.717, 1.165) is 91.2 Å². The van der Waals surface area contributed by atoms with Crippen LogP contribution < -0.4 is 45.5 Å². The molecule has 4 aromatic carbocycles. The Morgan fingerprint density at radius 2 is 0.674 bits per heavy atom. The van der Waals surface area contributed by atoms with E-state index in [2.05, 4.69) is 118 Å². The number of ether oxygens (including phenoxy) is 4. The summed E-state index contributed by atoms with van der Waals surface area (Å²) in [5, 5.41) is 34.0. The number of aryl methyl sites for hydroxylation is 4. The van der Waals surface area contributed by atoms with Gasteiger partial charge in [-0.15, -0.1) is 52.7 Å². The van der Waals surface area contributed by atoms with Crippen molar-refractivity contribution < 1.29 is 115 Å². The highest BCUT2D eigenvalue weighted by Crippen LogP contribution is 2.44. The van der Waals surface area contributed by atoms with Gasteiger partial charge in [0, 0.05) is 59.7 Å². The van der Waals surface area contributed by atoms with Crippen molar-refractivity contribution in [2.24, 2.45) is 16.2 Å². The van der Waals surface area contributed by atoms with Gasteiger partial charge in [-0.2, -0.15) is 0 Å². The van der Waals surface area contributed by atoms with Gasteiger partial charge in [0.15, 0.2) is 34.1 Å². The first-order valence-corrected chi connectivity index (χ1v) is 45.6. The van der Waals surface area contributed by atoms with Crippen molar-refractivity contribution in [1.29, 1.82) is 0 Å². The van der Waals surface area contributed by atoms with Crippen molar-refractivity contribution in [2.75, 3.05) is 26.6 Å². The number of carbonyl (C=O) groups excluding carboxylic acids is 5. The number of benzene rings is 4. The topological polar surface area (TPSA) is 376 Å². The lowest BCUT2D eigenvalue weighted by atomic mass is 9.78. The van der Waals surface area contributed by atoms with E-state index in [-0.39, 0.29) is 123 Å². The van der Waals surface area contributed by atoms with Crippen LogP contribution in [0.5, 0.6) is 23.0 Å². The summed E-state index contributed by atoms with van der Waals surface area (Å²) in [6.07, 6.45) is -11.5. The number of fused-ring (bicyclic) bond motifs is 5. The van der Waals surface area contributed by atoms with Crippen LogP contribution in [0.1, 0.15) is 197 Å². The molecule has 0 unspecified atom stereocenters. The van der Waals surface area contributed by atoms with Gasteiger partial charge in [0.25, 0.3) is 0 Å². The number of alkyl halides is 12. The van der Waals surface area contributed by atoms with E-state index in [1.165, 1.54) is 87.1 Å². The number of amides is 5. The SMILES string of the molecule is CC(C)(C)CC(=O)Nc1nc2cc(F)cnc2n1-c1ccc(OC(F)(F)F)cc1.CCC(C)(CC)CC(=O)Nc1nc2ccc(C)nc2n1C1(C)CCC1.CCC(O)(CC)CC(=O)Nc1nc2ccc(C)nc2n1-c1ccc(OC(F)(F)F)cc1.Cc1ccc2nc(NC(=O)CC(C)(C)C)n(-c3ccc(OC(F)(F)F)cc3F)c2n1.Cc1ccc2nc(NC(=O)CC(C)(C)O)n(-c3ccc(OC(F)(F)F)cc3)c2n1. The summed E-state index contributed by atoms with van der Waals surface area (Å²) in [5.41, 5.74) is 5.86. The van der Waals surface area contributed by atoms with Gasteiger partial charge >= 0.3 is 25.4 Å². The highest BCUT2D eigenvalue weighted by molar-refractivity contribution is 5.96. The number of carbonyl (C=O) groups is 5. The van der Waals surface area contributed by atoms with Crippen LogP contribution >= 0.6 is 0 Å². The Kier molecular flexibility index (Phi) is 33.4. The first-order chi connectivity index (χ1) is 67.0. The molecule has 1 aliphatic rings. The van der Waals surface area contributed by atoms with E-state index in [4.69, 9.17) is 9.97 Å². The zero-order valence-corrected chi connectivity index (χ0v) is 82.0. The largest absolute Gasteiger partial charge is 0.573 e. The van der Waals surface area contributed by atoms with E-state index < -0.39 is 71.6 Å². The van der Waals surface area contributed by atoms with E-state index in [9.17, 15) is 95.7 Å². The summed E-state index contributed by atoms with van der Waals surface area (Å²) in [6, 6.07) is 33.4. The zero-order valence-electron chi connectivity index (χ0n) is 82.0. The van der Waals surface area contributed by atoms with Crippen molar-refractivity contribution in [1.82, 2.24) is 72.7 Å². The standard InChI is InChI=1S/C21H23F3N4O3.C20H20F4N4O2.C20H30N4O.C19H18F4N4O2.C19H19F3N4O3/c1-4-20(30,5-2)12-17(29)27-19-26-16-11-6-13(3)25-18(16)28(19)14-7-9-15(10-8-14)31-21(22,23)24;1-11-5-7-14-17(25-11)28(18(26-14)27-16(29)10-19(2,3)4)15-8-6-12(9-13(15)21)30-20(22,23)24;1-6-19(4,7-2)13-16(25)23-18-22-15-10-9-14(3)21-17(15)24(18)20(5)11-8-12-20;1-18(2,3)9-15(28)26-17-25-14-8-11(20)10-24-16(14)27(17)12-4-6-13(7-5-12)29-19(21,22)23;1-11-4-9-14-16(23-11)26(17(24-14)25-15(27)10-18(2,3)28)12-5-7-13(8-6-12)29-19(20,21)22/h6-11,30H,4-5,12H2,1-3H3,(H,26,27,29);5-9H,10H2,1-4H3,(H,26,27,29);9-10H,6-8,11-13H2,1-5H3,(H,22,23,25);4-8,10H,9H2,1-3H3,(H,25,26,28);4-9,28H,10H2,1-3H3,(H,24,25,27). The van der Waals surface area contributed by atoms with E-state index in [0.29, 0.717) is 93.3 Å². The van der Waals surface area contributed by atoms with Gasteiger partial charge in [-0.25, -0.2) is 58.6 Å². The molecule has 1 saturated carbocycles.